The smallest absolute Gasteiger partial charge is 0.274 e. The quantitative estimate of drug-likeness (QED) is 0.503. The highest BCUT2D eigenvalue weighted by Gasteiger charge is 2.52. The minimum atomic E-state index is -3.92. The Morgan fingerprint density at radius 3 is 2.48 bits per heavy atom. The van der Waals surface area contributed by atoms with Crippen LogP contribution in [0, 0.1) is 5.82 Å². The Hall–Kier alpha value is -2.70. The van der Waals surface area contributed by atoms with Gasteiger partial charge in [0.05, 0.1) is 5.75 Å². The zero-order valence-corrected chi connectivity index (χ0v) is 17.3. The van der Waals surface area contributed by atoms with Crippen molar-refractivity contribution in [2.75, 3.05) is 11.1 Å². The number of rotatable bonds is 4. The molecule has 3 rings (SSSR count). The molecule has 31 heavy (non-hydrogen) atoms. The summed E-state index contributed by atoms with van der Waals surface area (Å²) in [7, 11) is -3.92. The van der Waals surface area contributed by atoms with Gasteiger partial charge in [-0.3, -0.25) is 23.9 Å². The Morgan fingerprint density at radius 1 is 1.26 bits per heavy atom. The summed E-state index contributed by atoms with van der Waals surface area (Å²) in [5.74, 6) is -2.83. The summed E-state index contributed by atoms with van der Waals surface area (Å²) in [6, 6.07) is 5.63. The third-order valence-electron chi connectivity index (χ3n) is 5.00. The molecule has 2 atom stereocenters. The highest BCUT2D eigenvalue weighted by molar-refractivity contribution is 8.26. The van der Waals surface area contributed by atoms with Crippen molar-refractivity contribution in [3.63, 3.8) is 0 Å². The lowest BCUT2D eigenvalue weighted by atomic mass is 9.93. The molecule has 5 N–H and O–H groups in total. The first-order valence-electron chi connectivity index (χ1n) is 8.92. The lowest BCUT2D eigenvalue weighted by Gasteiger charge is -2.50. The molecule has 1 aliphatic rings. The van der Waals surface area contributed by atoms with E-state index in [0.29, 0.717) is 0 Å². The third kappa shape index (κ3) is 4.23. The molecule has 0 unspecified atom stereocenters. The van der Waals surface area contributed by atoms with E-state index in [4.69, 9.17) is 5.73 Å². The van der Waals surface area contributed by atoms with E-state index < -0.39 is 50.9 Å². The number of aromatic nitrogens is 1. The number of amidine groups is 1. The molecule has 0 aliphatic carbocycles. The molecule has 2 heterocycles. The molecule has 1 aliphatic heterocycles. The van der Waals surface area contributed by atoms with E-state index >= 15 is 0 Å². The minimum Gasteiger partial charge on any atom is -0.383 e. The van der Waals surface area contributed by atoms with Crippen LogP contribution in [0.2, 0.25) is 0 Å². The second kappa shape index (κ2) is 7.77. The topological polar surface area (TPSA) is 121 Å². The van der Waals surface area contributed by atoms with Gasteiger partial charge in [0.15, 0.2) is 5.84 Å². The summed E-state index contributed by atoms with van der Waals surface area (Å²) in [6.07, 6.45) is -1.86. The summed E-state index contributed by atoms with van der Waals surface area (Å²) in [6.45, 7) is 2.25. The Morgan fingerprint density at radius 2 is 1.94 bits per heavy atom. The van der Waals surface area contributed by atoms with Crippen LogP contribution in [0.25, 0.3) is 0 Å². The monoisotopic (exact) mass is 460 g/mol. The zero-order chi connectivity index (χ0) is 23.2. The Kier molecular flexibility index (Phi) is 5.76. The molecule has 0 fully saturated rings. The highest BCUT2D eigenvalue weighted by atomic mass is 32.3. The molecular formula is C19H20F4N4O3S. The number of carbonyl (C=O) groups is 1. The van der Waals surface area contributed by atoms with Gasteiger partial charge in [-0.2, -0.15) is 10.6 Å². The summed E-state index contributed by atoms with van der Waals surface area (Å²) in [4.78, 5) is 20.0. The first-order valence-corrected chi connectivity index (χ1v) is 10.6. The number of hydrogen-bond donors (Lipinski definition) is 4. The maximum absolute atomic E-state index is 14.6. The van der Waals surface area contributed by atoms with Crippen molar-refractivity contribution in [1.82, 2.24) is 4.98 Å². The second-order valence-corrected chi connectivity index (χ2v) is 9.81. The SMILES string of the molecule is C[C@]1(F)C(N)=N[C@](C)(c2cc(NC(=O)c3ccc(C(F)F)cn3)ccc2F)CS1(O)O. The number of nitrogens with zero attached hydrogens (tertiary/aromatic N) is 2. The maximum atomic E-state index is 14.6. The number of pyridine rings is 1. The van der Waals surface area contributed by atoms with E-state index in [9.17, 15) is 31.5 Å². The van der Waals surface area contributed by atoms with E-state index in [1.165, 1.54) is 19.1 Å². The number of amides is 1. The number of aliphatic imine (C=N–C) groups is 1. The summed E-state index contributed by atoms with van der Waals surface area (Å²) >= 11 is 0. The van der Waals surface area contributed by atoms with Crippen molar-refractivity contribution in [2.24, 2.45) is 10.7 Å². The summed E-state index contributed by atoms with van der Waals surface area (Å²) < 4.78 is 74.9. The molecule has 1 amide bonds. The molecule has 0 radical (unpaired) electrons. The van der Waals surface area contributed by atoms with Gasteiger partial charge >= 0.3 is 0 Å². The van der Waals surface area contributed by atoms with Gasteiger partial charge in [-0.25, -0.2) is 17.6 Å². The van der Waals surface area contributed by atoms with Crippen molar-refractivity contribution < 1.29 is 31.5 Å². The normalized spacial score (nSPS) is 26.3. The van der Waals surface area contributed by atoms with Gasteiger partial charge in [0.25, 0.3) is 17.3 Å². The van der Waals surface area contributed by atoms with Crippen LogP contribution in [0.15, 0.2) is 41.5 Å². The van der Waals surface area contributed by atoms with Crippen LogP contribution in [-0.4, -0.2) is 36.6 Å². The molecule has 2 aromatic rings. The number of alkyl halides is 3. The van der Waals surface area contributed by atoms with Gasteiger partial charge < -0.3 is 11.1 Å². The fraction of sp³-hybridized carbons (Fsp3) is 0.316. The molecular weight excluding hydrogens is 440 g/mol. The molecule has 1 aromatic heterocycles. The molecule has 0 saturated carbocycles. The molecule has 0 spiro atoms. The fourth-order valence-electron chi connectivity index (χ4n) is 3.11. The summed E-state index contributed by atoms with van der Waals surface area (Å²) in [5, 5.41) is -0.210. The van der Waals surface area contributed by atoms with Gasteiger partial charge in [-0.1, -0.05) is 0 Å². The number of anilines is 1. The van der Waals surface area contributed by atoms with Crippen LogP contribution in [0.3, 0.4) is 0 Å². The van der Waals surface area contributed by atoms with Crippen LogP contribution in [0.5, 0.6) is 0 Å². The predicted octanol–water partition coefficient (Wildman–Crippen LogP) is 4.43. The van der Waals surface area contributed by atoms with E-state index in [2.05, 4.69) is 15.3 Å². The Bertz CT molecular complexity index is 1050. The number of hydrogen-bond acceptors (Lipinski definition) is 6. The number of nitrogens with two attached hydrogens (primary N) is 1. The van der Waals surface area contributed by atoms with E-state index in [1.807, 2.05) is 0 Å². The lowest BCUT2D eigenvalue weighted by Crippen LogP contribution is -2.51. The number of nitrogens with one attached hydrogen (secondary N) is 1. The van der Waals surface area contributed by atoms with E-state index in [1.54, 1.807) is 0 Å². The van der Waals surface area contributed by atoms with Crippen LogP contribution in [0.1, 0.15) is 41.9 Å². The fourth-order valence-corrected chi connectivity index (χ4v) is 4.77. The van der Waals surface area contributed by atoms with Gasteiger partial charge in [-0.15, -0.1) is 0 Å². The maximum Gasteiger partial charge on any atom is 0.274 e. The number of benzene rings is 1. The van der Waals surface area contributed by atoms with E-state index in [-0.39, 0.29) is 22.5 Å². The van der Waals surface area contributed by atoms with Crippen molar-refractivity contribution in [2.45, 2.75) is 30.8 Å². The average Bonchev–Trinajstić information content (AvgIpc) is 2.67. The number of halogens is 4. The molecule has 12 heteroatoms. The number of carbonyl (C=O) groups excluding carboxylic acids is 1. The Labute approximate surface area is 176 Å². The van der Waals surface area contributed by atoms with Gasteiger partial charge in [0.1, 0.15) is 17.1 Å². The minimum absolute atomic E-state index is 0.0983. The average molecular weight is 460 g/mol. The molecule has 0 bridgehead atoms. The second-order valence-electron chi connectivity index (χ2n) is 7.43. The first kappa shape index (κ1) is 23.0. The van der Waals surface area contributed by atoms with Gasteiger partial charge in [-0.05, 0) is 44.2 Å². The molecule has 1 aromatic carbocycles. The Balaban J connectivity index is 1.92. The van der Waals surface area contributed by atoms with Gasteiger partial charge in [0.2, 0.25) is 0 Å². The predicted molar refractivity (Wildman–Crippen MR) is 110 cm³/mol. The molecule has 7 nitrogen and oxygen atoms in total. The third-order valence-corrected chi connectivity index (χ3v) is 7.40. The molecule has 168 valence electrons. The molecule has 0 saturated heterocycles. The van der Waals surface area contributed by atoms with Crippen molar-refractivity contribution >= 4 is 28.0 Å². The van der Waals surface area contributed by atoms with Crippen LogP contribution >= 0.6 is 10.6 Å². The van der Waals surface area contributed by atoms with Crippen LogP contribution < -0.4 is 11.1 Å². The van der Waals surface area contributed by atoms with Crippen LogP contribution in [0.4, 0.5) is 23.2 Å². The van der Waals surface area contributed by atoms with Gasteiger partial charge in [0, 0.05) is 23.0 Å². The first-order chi connectivity index (χ1) is 14.3. The standard InChI is InChI=1S/C19H20F4N4O3S/c1-18(9-31(29,30)19(2,23)17(24)27-18)12-7-11(4-5-13(12)20)26-16(28)14-6-3-10(8-25-14)15(21)22/h3-8,15,29-30H,9H2,1-2H3,(H2,24,27)(H,26,28)/t18-,19+/m0/s1. The zero-order valence-electron chi connectivity index (χ0n) is 16.4. The lowest BCUT2D eigenvalue weighted by molar-refractivity contribution is 0.102. The van der Waals surface area contributed by atoms with Crippen molar-refractivity contribution in [1.29, 1.82) is 0 Å². The highest BCUT2D eigenvalue weighted by Crippen LogP contribution is 2.60. The summed E-state index contributed by atoms with van der Waals surface area (Å²) in [5.41, 5.74) is 3.44. The van der Waals surface area contributed by atoms with Crippen molar-refractivity contribution in [3.8, 4) is 0 Å². The largest absolute Gasteiger partial charge is 0.383 e. The van der Waals surface area contributed by atoms with Crippen LogP contribution in [-0.2, 0) is 5.54 Å². The van der Waals surface area contributed by atoms with Crippen molar-refractivity contribution in [3.05, 3.63) is 59.2 Å². The van der Waals surface area contributed by atoms with E-state index in [0.717, 1.165) is 31.3 Å².